The van der Waals surface area contributed by atoms with Crippen molar-refractivity contribution in [3.05, 3.63) is 81.8 Å². The average Bonchev–Trinajstić information content (AvgIpc) is 4.16. The number of fused-ring (bicyclic) bond motifs is 3. The molecular formula is C34H25N29. The van der Waals surface area contributed by atoms with Gasteiger partial charge in [0.25, 0.3) is 11.6 Å². The van der Waals surface area contributed by atoms with Crippen molar-refractivity contribution < 1.29 is 0 Å². The maximum absolute atomic E-state index is 10.2. The number of aryl methyl sites for hydroxylation is 6. The summed E-state index contributed by atoms with van der Waals surface area (Å²) in [5.74, 6) is 1.58. The normalized spacial score (nSPS) is 12.0. The van der Waals surface area contributed by atoms with Crippen LogP contribution in [-0.4, -0.2) is 98.7 Å². The van der Waals surface area contributed by atoms with Crippen LogP contribution >= 0.6 is 0 Å². The fourth-order valence-corrected chi connectivity index (χ4v) is 6.50. The van der Waals surface area contributed by atoms with Crippen LogP contribution in [0.3, 0.4) is 0 Å². The molecule has 0 spiro atoms. The van der Waals surface area contributed by atoms with Gasteiger partial charge in [-0.05, 0) is 41.5 Å². The molecule has 10 aromatic heterocycles. The maximum atomic E-state index is 10.2. The number of nitriles is 2. The quantitative estimate of drug-likeness (QED) is 0.119. The number of hydrogen-bond donors (Lipinski definition) is 3. The molecule has 0 saturated carbocycles. The van der Waals surface area contributed by atoms with Gasteiger partial charge in [-0.3, -0.25) is 15.3 Å². The minimum Gasteiger partial charge on any atom is -0.258 e. The van der Waals surface area contributed by atoms with Crippen LogP contribution in [0.4, 0.5) is 40.2 Å². The average molecular weight is 840 g/mol. The second-order valence-corrected chi connectivity index (χ2v) is 13.6. The molecule has 0 unspecified atom stereocenters. The van der Waals surface area contributed by atoms with Crippen molar-refractivity contribution in [1.29, 1.82) is 10.5 Å². The third-order valence-corrected chi connectivity index (χ3v) is 9.60. The van der Waals surface area contributed by atoms with Crippen LogP contribution in [0.1, 0.15) is 45.7 Å². The van der Waals surface area contributed by atoms with Crippen LogP contribution in [0, 0.1) is 70.8 Å². The smallest absolute Gasteiger partial charge is 0.256 e. The Hall–Kier alpha value is -9.98. The SMILES string of the molecule is [C-]#[N+]c1cnn(-c2cc(-n3ncc(C#N)c3/N=N/c3c(C)nn4c(C)n[nH]c34)nc(-n3ncc(C#N)c3/N=N/c3c(C)nn4c(C)n[nH]c34)n2)c1/N=N/c1c(C)nn2c(C)n[nH]c12. The number of H-pyrrole nitrogens is 3. The summed E-state index contributed by atoms with van der Waals surface area (Å²) in [6, 6.07) is 5.64. The lowest BCUT2D eigenvalue weighted by molar-refractivity contribution is 0.746. The Morgan fingerprint density at radius 3 is 1.40 bits per heavy atom. The Balaban J connectivity index is 1.16. The number of aromatic nitrogens is 20. The summed E-state index contributed by atoms with van der Waals surface area (Å²) in [6.45, 7) is 18.5. The molecule has 29 heteroatoms. The molecule has 0 aliphatic carbocycles. The lowest BCUT2D eigenvalue weighted by Gasteiger charge is -2.11. The van der Waals surface area contributed by atoms with Gasteiger partial charge in [-0.2, -0.15) is 89.3 Å². The fraction of sp³-hybridized carbons (Fsp3) is 0.176. The topological polar surface area (TPSA) is 343 Å². The Kier molecular flexibility index (Phi) is 8.34. The first-order chi connectivity index (χ1) is 30.6. The van der Waals surface area contributed by atoms with Crippen LogP contribution in [0.15, 0.2) is 55.3 Å². The van der Waals surface area contributed by atoms with Crippen molar-refractivity contribution in [2.45, 2.75) is 41.5 Å². The van der Waals surface area contributed by atoms with Crippen molar-refractivity contribution in [2.75, 3.05) is 0 Å². The molecule has 63 heavy (non-hydrogen) atoms. The zero-order valence-corrected chi connectivity index (χ0v) is 33.4. The number of nitrogens with one attached hydrogen (secondary N) is 3. The second kappa shape index (κ2) is 14.1. The van der Waals surface area contributed by atoms with Crippen LogP contribution in [0.25, 0.3) is 39.4 Å². The van der Waals surface area contributed by atoms with E-state index < -0.39 is 0 Å². The monoisotopic (exact) mass is 839 g/mol. The van der Waals surface area contributed by atoms with Gasteiger partial charge in [0.15, 0.2) is 63.1 Å². The number of aromatic amines is 3. The molecule has 10 aromatic rings. The summed E-state index contributed by atoms with van der Waals surface area (Å²) < 4.78 is 8.44. The van der Waals surface area contributed by atoms with Gasteiger partial charge in [0.05, 0.1) is 42.2 Å². The van der Waals surface area contributed by atoms with Gasteiger partial charge in [-0.15, -0.1) is 30.7 Å². The fourth-order valence-electron chi connectivity index (χ4n) is 6.50. The van der Waals surface area contributed by atoms with Crippen molar-refractivity contribution >= 4 is 57.1 Å². The summed E-state index contributed by atoms with van der Waals surface area (Å²) in [5, 5.41) is 95.0. The Labute approximate surface area is 349 Å². The molecule has 0 radical (unpaired) electrons. The number of rotatable bonds is 9. The lowest BCUT2D eigenvalue weighted by atomic mass is 10.3. The highest BCUT2D eigenvalue weighted by Crippen LogP contribution is 2.36. The van der Waals surface area contributed by atoms with Crippen molar-refractivity contribution in [3.63, 3.8) is 0 Å². The van der Waals surface area contributed by atoms with Crippen molar-refractivity contribution in [2.24, 2.45) is 30.7 Å². The van der Waals surface area contributed by atoms with Gasteiger partial charge < -0.3 is 0 Å². The largest absolute Gasteiger partial charge is 0.258 e. The third-order valence-electron chi connectivity index (χ3n) is 9.60. The highest BCUT2D eigenvalue weighted by Gasteiger charge is 2.24. The van der Waals surface area contributed by atoms with E-state index in [4.69, 9.17) is 16.5 Å². The maximum Gasteiger partial charge on any atom is 0.256 e. The standard InChI is InChI=1S/C34H25N29/c1-14-25(31-52-43-17(4)58(31)55-14)46-49-28-20(9-35)11-38-61(28)23-8-24(62-30(22(37-7)13-40-62)51-48-27-16(3)57-60-19(6)45-54-33(27)60)42-34(41-23)63-29(21(10-36)12-39-63)50-47-26-15(2)56-59-18(5)44-53-32(26)59/h8,11-13,52-54H,1-6H3/b49-46+,50-47+,51-48+. The zero-order chi connectivity index (χ0) is 43.7. The molecule has 306 valence electrons. The van der Waals surface area contributed by atoms with E-state index in [1.54, 1.807) is 55.1 Å². The minimum atomic E-state index is -0.170. The van der Waals surface area contributed by atoms with Gasteiger partial charge in [0.2, 0.25) is 0 Å². The number of nitrogens with zero attached hydrogens (tertiary/aromatic N) is 26. The molecule has 0 aliphatic rings. The lowest BCUT2D eigenvalue weighted by Crippen LogP contribution is -2.11. The first kappa shape index (κ1) is 37.3. The molecule has 3 N–H and O–H groups in total. The molecule has 0 atom stereocenters. The van der Waals surface area contributed by atoms with E-state index in [0.717, 1.165) is 0 Å². The van der Waals surface area contributed by atoms with E-state index in [-0.39, 0.29) is 51.9 Å². The predicted molar refractivity (Wildman–Crippen MR) is 212 cm³/mol. The summed E-state index contributed by atoms with van der Waals surface area (Å²) >= 11 is 0. The molecule has 0 amide bonds. The first-order valence-corrected chi connectivity index (χ1v) is 18.3. The molecule has 0 saturated heterocycles. The minimum absolute atomic E-state index is 0.0159. The molecule has 0 aliphatic heterocycles. The highest BCUT2D eigenvalue weighted by atomic mass is 15.5. The van der Waals surface area contributed by atoms with Crippen LogP contribution < -0.4 is 0 Å². The van der Waals surface area contributed by atoms with Crippen LogP contribution in [-0.2, 0) is 0 Å². The predicted octanol–water partition coefficient (Wildman–Crippen LogP) is 5.54. The molecule has 29 nitrogen and oxygen atoms in total. The Morgan fingerprint density at radius 1 is 0.556 bits per heavy atom. The van der Waals surface area contributed by atoms with E-state index in [2.05, 4.69) is 109 Å². The van der Waals surface area contributed by atoms with E-state index in [1.807, 2.05) is 0 Å². The molecule has 0 bridgehead atoms. The molecule has 10 rings (SSSR count). The van der Waals surface area contributed by atoms with Crippen molar-refractivity contribution in [1.82, 2.24) is 98.7 Å². The molecule has 0 aromatic carbocycles. The summed E-state index contributed by atoms with van der Waals surface area (Å²) in [7, 11) is 0. The number of azo groups is 3. The third kappa shape index (κ3) is 5.86. The summed E-state index contributed by atoms with van der Waals surface area (Å²) in [5.41, 5.74) is 4.28. The number of hydrogen-bond acceptors (Lipinski definition) is 19. The van der Waals surface area contributed by atoms with E-state index in [0.29, 0.717) is 68.6 Å². The van der Waals surface area contributed by atoms with Gasteiger partial charge in [0.1, 0.15) is 40.7 Å². The first-order valence-electron chi connectivity index (χ1n) is 18.3. The highest BCUT2D eigenvalue weighted by molar-refractivity contribution is 5.69. The van der Waals surface area contributed by atoms with Gasteiger partial charge in [0, 0.05) is 6.07 Å². The Morgan fingerprint density at radius 2 is 0.952 bits per heavy atom. The van der Waals surface area contributed by atoms with Crippen molar-refractivity contribution in [3.8, 4) is 29.7 Å². The molecular weight excluding hydrogens is 815 g/mol. The van der Waals surface area contributed by atoms with E-state index >= 15 is 0 Å². The second-order valence-electron chi connectivity index (χ2n) is 13.6. The summed E-state index contributed by atoms with van der Waals surface area (Å²) in [4.78, 5) is 13.1. The Bertz CT molecular complexity index is 3300. The van der Waals surface area contributed by atoms with E-state index in [9.17, 15) is 10.5 Å². The van der Waals surface area contributed by atoms with Gasteiger partial charge in [-0.25, -0.2) is 9.53 Å². The molecule has 10 heterocycles. The van der Waals surface area contributed by atoms with Crippen LogP contribution in [0.5, 0.6) is 0 Å². The summed E-state index contributed by atoms with van der Waals surface area (Å²) in [6.07, 6.45) is 3.86. The van der Waals surface area contributed by atoms with E-state index in [1.165, 1.54) is 38.7 Å². The van der Waals surface area contributed by atoms with Gasteiger partial charge >= 0.3 is 0 Å². The zero-order valence-electron chi connectivity index (χ0n) is 33.4. The van der Waals surface area contributed by atoms with Gasteiger partial charge in [-0.1, -0.05) is 0 Å². The molecule has 0 fully saturated rings. The van der Waals surface area contributed by atoms with Crippen LogP contribution in [0.2, 0.25) is 0 Å².